The molecule has 2 aromatic carbocycles. The summed E-state index contributed by atoms with van der Waals surface area (Å²) in [5.74, 6) is 0.151. The number of amides is 1. The molecule has 1 heterocycles. The molecule has 0 unspecified atom stereocenters. The number of halogens is 1. The Morgan fingerprint density at radius 3 is 2.73 bits per heavy atom. The molecular weight excluding hydrogens is 351 g/mol. The molecule has 3 aromatic rings. The third-order valence-electron chi connectivity index (χ3n) is 4.05. The number of H-pyrrole nitrogens is 1. The van der Waals surface area contributed by atoms with E-state index in [1.165, 1.54) is 6.07 Å². The van der Waals surface area contributed by atoms with Crippen LogP contribution < -0.4 is 5.32 Å². The second kappa shape index (κ2) is 8.05. The van der Waals surface area contributed by atoms with E-state index in [0.29, 0.717) is 29.2 Å². The zero-order chi connectivity index (χ0) is 18.5. The predicted octanol–water partition coefficient (Wildman–Crippen LogP) is 3.30. The molecule has 1 aromatic heterocycles. The number of hydrogen-bond donors (Lipinski definition) is 2. The maximum Gasteiger partial charge on any atom is 0.227 e. The summed E-state index contributed by atoms with van der Waals surface area (Å²) < 4.78 is 15.6. The third kappa shape index (κ3) is 4.43. The van der Waals surface area contributed by atoms with Gasteiger partial charge in [-0.15, -0.1) is 0 Å². The Balaban J connectivity index is 1.64. The fraction of sp³-hybridized carbons (Fsp3) is 0.211. The number of nitrogens with one attached hydrogen (secondary N) is 2. The van der Waals surface area contributed by atoms with E-state index in [1.807, 2.05) is 34.9 Å². The third-order valence-corrected chi connectivity index (χ3v) is 4.36. The largest absolute Gasteiger partial charge is 0.352 e. The first kappa shape index (κ1) is 18.0. The average molecular weight is 370 g/mol. The highest BCUT2D eigenvalue weighted by Gasteiger charge is 2.12. The molecule has 26 heavy (non-hydrogen) atoms. The second-order valence-corrected chi connectivity index (χ2v) is 6.44. The van der Waals surface area contributed by atoms with Crippen LogP contribution in [0.25, 0.3) is 0 Å². The minimum absolute atomic E-state index is 0.111. The van der Waals surface area contributed by atoms with E-state index in [4.69, 9.17) is 12.2 Å². The highest BCUT2D eigenvalue weighted by atomic mass is 32.1. The van der Waals surface area contributed by atoms with Crippen LogP contribution in [0.2, 0.25) is 0 Å². The fourth-order valence-electron chi connectivity index (χ4n) is 2.64. The summed E-state index contributed by atoms with van der Waals surface area (Å²) in [6.07, 6.45) is 0.111. The molecule has 0 aliphatic carbocycles. The van der Waals surface area contributed by atoms with Gasteiger partial charge in [-0.05, 0) is 41.9 Å². The molecule has 0 aliphatic heterocycles. The smallest absolute Gasteiger partial charge is 0.227 e. The quantitative estimate of drug-likeness (QED) is 0.655. The van der Waals surface area contributed by atoms with Crippen molar-refractivity contribution in [1.29, 1.82) is 0 Å². The molecule has 2 N–H and O–H groups in total. The number of aryl methyl sites for hydroxylation is 1. The minimum atomic E-state index is -0.253. The van der Waals surface area contributed by atoms with Crippen molar-refractivity contribution in [3.63, 3.8) is 0 Å². The van der Waals surface area contributed by atoms with Gasteiger partial charge in [0.1, 0.15) is 11.6 Å². The first-order chi connectivity index (χ1) is 12.5. The van der Waals surface area contributed by atoms with Crippen LogP contribution in [0.15, 0.2) is 48.5 Å². The summed E-state index contributed by atoms with van der Waals surface area (Å²) in [6, 6.07) is 14.6. The number of aromatic nitrogens is 3. The summed E-state index contributed by atoms with van der Waals surface area (Å²) >= 11 is 5.27. The molecular formula is C19H19FN4OS. The predicted molar refractivity (Wildman–Crippen MR) is 99.6 cm³/mol. The lowest BCUT2D eigenvalue weighted by molar-refractivity contribution is -0.120. The Kier molecular flexibility index (Phi) is 5.58. The Morgan fingerprint density at radius 2 is 2.00 bits per heavy atom. The van der Waals surface area contributed by atoms with Crippen LogP contribution in [0.1, 0.15) is 22.5 Å². The summed E-state index contributed by atoms with van der Waals surface area (Å²) in [5.41, 5.74) is 2.48. The number of nitrogens with zero attached hydrogens (tertiary/aromatic N) is 2. The topological polar surface area (TPSA) is 62.7 Å². The van der Waals surface area contributed by atoms with Gasteiger partial charge < -0.3 is 5.32 Å². The Hall–Kier alpha value is -2.80. The van der Waals surface area contributed by atoms with Gasteiger partial charge in [0.05, 0.1) is 13.0 Å². The van der Waals surface area contributed by atoms with Gasteiger partial charge in [0.15, 0.2) is 4.77 Å². The molecule has 0 spiro atoms. The number of rotatable bonds is 6. The van der Waals surface area contributed by atoms with Gasteiger partial charge in [0.25, 0.3) is 0 Å². The Morgan fingerprint density at radius 1 is 1.23 bits per heavy atom. The summed E-state index contributed by atoms with van der Waals surface area (Å²) in [7, 11) is 0. The normalized spacial score (nSPS) is 10.7. The zero-order valence-electron chi connectivity index (χ0n) is 14.3. The molecule has 7 heteroatoms. The van der Waals surface area contributed by atoms with Crippen molar-refractivity contribution in [3.8, 4) is 0 Å². The van der Waals surface area contributed by atoms with E-state index in [-0.39, 0.29) is 18.1 Å². The van der Waals surface area contributed by atoms with Gasteiger partial charge in [-0.3, -0.25) is 14.5 Å². The first-order valence-electron chi connectivity index (χ1n) is 8.22. The molecule has 1 amide bonds. The monoisotopic (exact) mass is 370 g/mol. The van der Waals surface area contributed by atoms with Crippen LogP contribution in [-0.2, 0) is 24.3 Å². The number of aromatic amines is 1. The summed E-state index contributed by atoms with van der Waals surface area (Å²) in [5, 5.41) is 9.74. The van der Waals surface area contributed by atoms with Gasteiger partial charge in [-0.25, -0.2) is 4.39 Å². The standard InChI is InChI=1S/C19H19FN4OS/c1-13-9-15(7-8-16(13)20)11-21-18(25)10-17-22-23-19(26)24(17)12-14-5-3-2-4-6-14/h2-9H,10-12H2,1H3,(H,21,25)(H,23,26). The Labute approximate surface area is 155 Å². The molecule has 5 nitrogen and oxygen atoms in total. The molecule has 0 fully saturated rings. The van der Waals surface area contributed by atoms with Crippen LogP contribution in [0.3, 0.4) is 0 Å². The van der Waals surface area contributed by atoms with Crippen molar-refractivity contribution in [2.45, 2.75) is 26.4 Å². The Bertz CT molecular complexity index is 965. The van der Waals surface area contributed by atoms with E-state index < -0.39 is 0 Å². The highest BCUT2D eigenvalue weighted by Crippen LogP contribution is 2.10. The minimum Gasteiger partial charge on any atom is -0.352 e. The molecule has 0 bridgehead atoms. The van der Waals surface area contributed by atoms with Gasteiger partial charge in [0, 0.05) is 6.54 Å². The lowest BCUT2D eigenvalue weighted by atomic mass is 10.1. The van der Waals surface area contributed by atoms with Crippen LogP contribution in [-0.4, -0.2) is 20.7 Å². The second-order valence-electron chi connectivity index (χ2n) is 6.05. The molecule has 0 aliphatic rings. The van der Waals surface area contributed by atoms with Crippen molar-refractivity contribution >= 4 is 18.1 Å². The fourth-order valence-corrected chi connectivity index (χ4v) is 2.85. The number of carbonyl (C=O) groups excluding carboxylic acids is 1. The highest BCUT2D eigenvalue weighted by molar-refractivity contribution is 7.71. The van der Waals surface area contributed by atoms with Crippen LogP contribution >= 0.6 is 12.2 Å². The average Bonchev–Trinajstić information content (AvgIpc) is 2.97. The van der Waals surface area contributed by atoms with Crippen molar-refractivity contribution in [2.24, 2.45) is 0 Å². The van der Waals surface area contributed by atoms with Crippen molar-refractivity contribution in [2.75, 3.05) is 0 Å². The molecule has 0 atom stereocenters. The van der Waals surface area contributed by atoms with E-state index >= 15 is 0 Å². The van der Waals surface area contributed by atoms with E-state index in [2.05, 4.69) is 15.5 Å². The summed E-state index contributed by atoms with van der Waals surface area (Å²) in [6.45, 7) is 2.59. The van der Waals surface area contributed by atoms with Gasteiger partial charge in [-0.1, -0.05) is 42.5 Å². The van der Waals surface area contributed by atoms with E-state index in [1.54, 1.807) is 19.1 Å². The molecule has 0 saturated heterocycles. The van der Waals surface area contributed by atoms with E-state index in [0.717, 1.165) is 11.1 Å². The lowest BCUT2D eigenvalue weighted by Crippen LogP contribution is -2.26. The van der Waals surface area contributed by atoms with Gasteiger partial charge >= 0.3 is 0 Å². The van der Waals surface area contributed by atoms with Crippen molar-refractivity contribution in [3.05, 3.63) is 81.6 Å². The number of carbonyl (C=O) groups is 1. The van der Waals surface area contributed by atoms with Gasteiger partial charge in [-0.2, -0.15) is 5.10 Å². The van der Waals surface area contributed by atoms with Crippen LogP contribution in [0.4, 0.5) is 4.39 Å². The van der Waals surface area contributed by atoms with Crippen LogP contribution in [0.5, 0.6) is 0 Å². The SMILES string of the molecule is Cc1cc(CNC(=O)Cc2n[nH]c(=S)n2Cc2ccccc2)ccc1F. The van der Waals surface area contributed by atoms with E-state index in [9.17, 15) is 9.18 Å². The summed E-state index contributed by atoms with van der Waals surface area (Å²) in [4.78, 5) is 12.3. The maximum atomic E-state index is 13.3. The lowest BCUT2D eigenvalue weighted by Gasteiger charge is -2.08. The molecule has 3 rings (SSSR count). The molecule has 0 radical (unpaired) electrons. The number of benzene rings is 2. The molecule has 0 saturated carbocycles. The molecule has 134 valence electrons. The maximum absolute atomic E-state index is 13.3. The van der Waals surface area contributed by atoms with Crippen LogP contribution in [0, 0.1) is 17.5 Å². The number of hydrogen-bond acceptors (Lipinski definition) is 3. The first-order valence-corrected chi connectivity index (χ1v) is 8.63. The van der Waals surface area contributed by atoms with Gasteiger partial charge in [0.2, 0.25) is 5.91 Å². The van der Waals surface area contributed by atoms with Crippen molar-refractivity contribution in [1.82, 2.24) is 20.1 Å². The van der Waals surface area contributed by atoms with Crippen molar-refractivity contribution < 1.29 is 9.18 Å². The zero-order valence-corrected chi connectivity index (χ0v) is 15.1.